The fourth-order valence-corrected chi connectivity index (χ4v) is 0.957. The smallest absolute Gasteiger partial charge is 0.181 e. The van der Waals surface area contributed by atoms with Crippen molar-refractivity contribution in [3.05, 3.63) is 0 Å². The van der Waals surface area contributed by atoms with Crippen molar-refractivity contribution < 1.29 is 20.1 Å². The van der Waals surface area contributed by atoms with Crippen LogP contribution in [0, 0.1) is 0 Å². The zero-order valence-electron chi connectivity index (χ0n) is 5.77. The lowest BCUT2D eigenvalue weighted by atomic mass is 10.0. The van der Waals surface area contributed by atoms with Gasteiger partial charge in [-0.05, 0) is 6.92 Å². The van der Waals surface area contributed by atoms with Gasteiger partial charge in [0.25, 0.3) is 0 Å². The van der Waals surface area contributed by atoms with E-state index >= 15 is 0 Å². The van der Waals surface area contributed by atoms with Gasteiger partial charge >= 0.3 is 0 Å². The van der Waals surface area contributed by atoms with Gasteiger partial charge in [-0.1, -0.05) is 0 Å². The SMILES string of the molecule is C[C@H]1O[C@@H](O)[C@@H](O)C[C@@H]1O. The molecule has 4 nitrogen and oxygen atoms in total. The number of aliphatic hydroxyl groups is 3. The molecule has 1 saturated heterocycles. The van der Waals surface area contributed by atoms with Crippen LogP contribution in [-0.2, 0) is 4.74 Å². The zero-order valence-corrected chi connectivity index (χ0v) is 5.77. The van der Waals surface area contributed by atoms with Crippen molar-refractivity contribution in [2.75, 3.05) is 0 Å². The molecule has 0 aliphatic carbocycles. The number of aliphatic hydroxyl groups excluding tert-OH is 3. The molecule has 1 aliphatic rings. The Labute approximate surface area is 59.1 Å². The summed E-state index contributed by atoms with van der Waals surface area (Å²) in [6.07, 6.45) is -2.97. The average molecular weight is 148 g/mol. The molecule has 3 N–H and O–H groups in total. The van der Waals surface area contributed by atoms with Crippen molar-refractivity contribution in [2.45, 2.75) is 37.9 Å². The number of hydrogen-bond donors (Lipinski definition) is 3. The zero-order chi connectivity index (χ0) is 7.72. The van der Waals surface area contributed by atoms with Crippen LogP contribution in [-0.4, -0.2) is 39.9 Å². The maximum atomic E-state index is 9.07. The second-order valence-electron chi connectivity index (χ2n) is 2.60. The summed E-state index contributed by atoms with van der Waals surface area (Å²) in [5.41, 5.74) is 0. The van der Waals surface area contributed by atoms with E-state index in [4.69, 9.17) is 20.1 Å². The lowest BCUT2D eigenvalue weighted by Gasteiger charge is -2.32. The van der Waals surface area contributed by atoms with E-state index in [9.17, 15) is 0 Å². The first-order chi connectivity index (χ1) is 4.61. The van der Waals surface area contributed by atoms with Crippen LogP contribution in [0.3, 0.4) is 0 Å². The molecule has 0 radical (unpaired) electrons. The van der Waals surface area contributed by atoms with E-state index in [1.165, 1.54) is 0 Å². The summed E-state index contributed by atoms with van der Waals surface area (Å²) in [5.74, 6) is 0. The molecule has 0 unspecified atom stereocenters. The summed E-state index contributed by atoms with van der Waals surface area (Å²) in [5, 5.41) is 26.9. The molecule has 0 saturated carbocycles. The van der Waals surface area contributed by atoms with Crippen LogP contribution in [0.25, 0.3) is 0 Å². The maximum absolute atomic E-state index is 9.07. The molecule has 0 aromatic carbocycles. The Balaban J connectivity index is 2.46. The van der Waals surface area contributed by atoms with Gasteiger partial charge in [-0.2, -0.15) is 0 Å². The second kappa shape index (κ2) is 2.84. The van der Waals surface area contributed by atoms with E-state index in [1.807, 2.05) is 0 Å². The van der Waals surface area contributed by atoms with Crippen LogP contribution in [0.2, 0.25) is 0 Å². The first kappa shape index (κ1) is 7.94. The molecule has 4 atom stereocenters. The minimum Gasteiger partial charge on any atom is -0.390 e. The van der Waals surface area contributed by atoms with Gasteiger partial charge in [0.2, 0.25) is 0 Å². The maximum Gasteiger partial charge on any atom is 0.181 e. The summed E-state index contributed by atoms with van der Waals surface area (Å²) < 4.78 is 4.77. The highest BCUT2D eigenvalue weighted by Gasteiger charge is 2.32. The van der Waals surface area contributed by atoms with Gasteiger partial charge in [0, 0.05) is 6.42 Å². The quantitative estimate of drug-likeness (QED) is 0.405. The van der Waals surface area contributed by atoms with Crippen LogP contribution in [0.15, 0.2) is 0 Å². The molecule has 0 aromatic rings. The fourth-order valence-electron chi connectivity index (χ4n) is 0.957. The summed E-state index contributed by atoms with van der Waals surface area (Å²) in [6, 6.07) is 0. The van der Waals surface area contributed by atoms with Crippen molar-refractivity contribution >= 4 is 0 Å². The molecule has 4 heteroatoms. The predicted octanol–water partition coefficient (Wildman–Crippen LogP) is -1.16. The molecule has 1 heterocycles. The Morgan fingerprint density at radius 1 is 1.20 bits per heavy atom. The van der Waals surface area contributed by atoms with E-state index in [-0.39, 0.29) is 6.42 Å². The van der Waals surface area contributed by atoms with E-state index in [0.29, 0.717) is 0 Å². The lowest BCUT2D eigenvalue weighted by molar-refractivity contribution is -0.240. The Kier molecular flexibility index (Phi) is 2.25. The van der Waals surface area contributed by atoms with Gasteiger partial charge in [-0.25, -0.2) is 0 Å². The monoisotopic (exact) mass is 148 g/mol. The molecule has 1 fully saturated rings. The topological polar surface area (TPSA) is 69.9 Å². The largest absolute Gasteiger partial charge is 0.390 e. The number of rotatable bonds is 0. The molecule has 0 bridgehead atoms. The summed E-state index contributed by atoms with van der Waals surface area (Å²) >= 11 is 0. The normalized spacial score (nSPS) is 49.2. The Morgan fingerprint density at radius 2 is 1.80 bits per heavy atom. The van der Waals surface area contributed by atoms with Gasteiger partial charge in [0.1, 0.15) is 6.10 Å². The van der Waals surface area contributed by atoms with Crippen LogP contribution in [0.5, 0.6) is 0 Å². The van der Waals surface area contributed by atoms with Gasteiger partial charge in [-0.15, -0.1) is 0 Å². The van der Waals surface area contributed by atoms with Crippen LogP contribution < -0.4 is 0 Å². The molecule has 0 aromatic heterocycles. The molecule has 0 amide bonds. The predicted molar refractivity (Wildman–Crippen MR) is 33.2 cm³/mol. The third-order valence-electron chi connectivity index (χ3n) is 1.71. The van der Waals surface area contributed by atoms with Crippen molar-refractivity contribution in [3.63, 3.8) is 0 Å². The molecular weight excluding hydrogens is 136 g/mol. The lowest BCUT2D eigenvalue weighted by Crippen LogP contribution is -2.45. The van der Waals surface area contributed by atoms with Crippen molar-refractivity contribution in [1.29, 1.82) is 0 Å². The first-order valence-electron chi connectivity index (χ1n) is 3.31. The highest BCUT2D eigenvalue weighted by Crippen LogP contribution is 2.17. The van der Waals surface area contributed by atoms with Crippen molar-refractivity contribution in [3.8, 4) is 0 Å². The van der Waals surface area contributed by atoms with E-state index in [0.717, 1.165) is 0 Å². The molecule has 0 spiro atoms. The first-order valence-corrected chi connectivity index (χ1v) is 3.31. The van der Waals surface area contributed by atoms with Crippen LogP contribution in [0.1, 0.15) is 13.3 Å². The van der Waals surface area contributed by atoms with E-state index in [2.05, 4.69) is 0 Å². The summed E-state index contributed by atoms with van der Waals surface area (Å²) in [4.78, 5) is 0. The van der Waals surface area contributed by atoms with Gasteiger partial charge in [-0.3, -0.25) is 0 Å². The van der Waals surface area contributed by atoms with Crippen LogP contribution in [0.4, 0.5) is 0 Å². The molecular formula is C6H12O4. The van der Waals surface area contributed by atoms with Crippen molar-refractivity contribution in [2.24, 2.45) is 0 Å². The molecule has 60 valence electrons. The highest BCUT2D eigenvalue weighted by atomic mass is 16.6. The van der Waals surface area contributed by atoms with Gasteiger partial charge < -0.3 is 20.1 Å². The minimum absolute atomic E-state index is 0.183. The van der Waals surface area contributed by atoms with E-state index in [1.54, 1.807) is 6.92 Å². The van der Waals surface area contributed by atoms with E-state index < -0.39 is 24.6 Å². The Morgan fingerprint density at radius 3 is 2.30 bits per heavy atom. The summed E-state index contributed by atoms with van der Waals surface area (Å²) in [7, 11) is 0. The molecule has 1 rings (SSSR count). The third-order valence-corrected chi connectivity index (χ3v) is 1.71. The number of ether oxygens (including phenoxy) is 1. The van der Waals surface area contributed by atoms with Crippen molar-refractivity contribution in [1.82, 2.24) is 0 Å². The van der Waals surface area contributed by atoms with Crippen LogP contribution >= 0.6 is 0 Å². The Bertz CT molecular complexity index is 90.3. The van der Waals surface area contributed by atoms with Gasteiger partial charge in [0.05, 0.1) is 12.2 Å². The highest BCUT2D eigenvalue weighted by molar-refractivity contribution is 4.76. The minimum atomic E-state index is -1.14. The van der Waals surface area contributed by atoms with Gasteiger partial charge in [0.15, 0.2) is 6.29 Å². The standard InChI is InChI=1S/C6H12O4/c1-3-4(7)2-5(8)6(9)10-3/h3-9H,2H2,1H3/t3-,4+,5+,6-/m1/s1. The second-order valence-corrected chi connectivity index (χ2v) is 2.60. The summed E-state index contributed by atoms with van der Waals surface area (Å²) in [6.45, 7) is 1.65. The molecule has 10 heavy (non-hydrogen) atoms. The molecule has 1 aliphatic heterocycles. The Hall–Kier alpha value is -0.160. The fraction of sp³-hybridized carbons (Fsp3) is 1.00. The number of hydrogen-bond acceptors (Lipinski definition) is 4. The third kappa shape index (κ3) is 1.46. The average Bonchev–Trinajstić information content (AvgIpc) is 1.84.